The molecule has 6 heteroatoms. The first-order valence-electron chi connectivity index (χ1n) is 8.99. The molecule has 4 rings (SSSR count). The number of amides is 1. The maximum absolute atomic E-state index is 13.1. The highest BCUT2D eigenvalue weighted by atomic mass is 35.5. The summed E-state index contributed by atoms with van der Waals surface area (Å²) in [6.45, 7) is 0.480. The number of fused-ring (bicyclic) bond motifs is 1. The molecular formula is C23H17ClN2O3. The number of aromatic nitrogens is 1. The Morgan fingerprint density at radius 1 is 0.931 bits per heavy atom. The van der Waals surface area contributed by atoms with E-state index >= 15 is 0 Å². The first-order chi connectivity index (χ1) is 14.0. The van der Waals surface area contributed by atoms with Gasteiger partial charge in [-0.25, -0.2) is 4.79 Å². The van der Waals surface area contributed by atoms with Crippen LogP contribution >= 0.6 is 11.6 Å². The molecule has 1 aromatic heterocycles. The van der Waals surface area contributed by atoms with Crippen LogP contribution < -0.4 is 5.32 Å². The molecule has 0 unspecified atom stereocenters. The number of carbonyl (C=O) groups excluding carboxylic acids is 1. The molecule has 2 N–H and O–H groups in total. The number of benzene rings is 3. The molecule has 144 valence electrons. The second kappa shape index (κ2) is 7.81. The van der Waals surface area contributed by atoms with Crippen molar-refractivity contribution in [2.75, 3.05) is 5.32 Å². The van der Waals surface area contributed by atoms with Crippen molar-refractivity contribution >= 4 is 40.1 Å². The van der Waals surface area contributed by atoms with Crippen molar-refractivity contribution in [3.05, 3.63) is 101 Å². The summed E-state index contributed by atoms with van der Waals surface area (Å²) < 4.78 is 1.91. The summed E-state index contributed by atoms with van der Waals surface area (Å²) in [4.78, 5) is 24.5. The quantitative estimate of drug-likeness (QED) is 0.474. The molecule has 0 fully saturated rings. The second-order valence-electron chi connectivity index (χ2n) is 6.61. The van der Waals surface area contributed by atoms with E-state index < -0.39 is 5.97 Å². The van der Waals surface area contributed by atoms with Crippen molar-refractivity contribution in [2.45, 2.75) is 6.54 Å². The van der Waals surface area contributed by atoms with Crippen LogP contribution in [0.25, 0.3) is 10.9 Å². The van der Waals surface area contributed by atoms with E-state index in [1.807, 2.05) is 59.2 Å². The van der Waals surface area contributed by atoms with E-state index in [1.165, 1.54) is 6.07 Å². The van der Waals surface area contributed by atoms with Crippen molar-refractivity contribution in [3.8, 4) is 0 Å². The van der Waals surface area contributed by atoms with Gasteiger partial charge >= 0.3 is 5.97 Å². The van der Waals surface area contributed by atoms with Gasteiger partial charge in [0.05, 0.1) is 11.3 Å². The molecule has 4 aromatic rings. The van der Waals surface area contributed by atoms with Crippen LogP contribution in [-0.2, 0) is 6.54 Å². The van der Waals surface area contributed by atoms with Gasteiger partial charge in [-0.3, -0.25) is 4.79 Å². The first-order valence-corrected chi connectivity index (χ1v) is 9.37. The van der Waals surface area contributed by atoms with Crippen LogP contribution in [0.1, 0.15) is 26.4 Å². The Morgan fingerprint density at radius 2 is 1.62 bits per heavy atom. The lowest BCUT2D eigenvalue weighted by Gasteiger charge is -2.12. The number of para-hydroxylation sites is 2. The van der Waals surface area contributed by atoms with E-state index in [-0.39, 0.29) is 17.2 Å². The average Bonchev–Trinajstić information content (AvgIpc) is 3.08. The zero-order valence-electron chi connectivity index (χ0n) is 15.3. The summed E-state index contributed by atoms with van der Waals surface area (Å²) >= 11 is 5.98. The van der Waals surface area contributed by atoms with Gasteiger partial charge in [-0.05, 0) is 42.0 Å². The SMILES string of the molecule is O=C(O)c1ccccc1NC(=O)c1cc2ccccc2n1Cc1ccc(Cl)cc1. The number of nitrogens with one attached hydrogen (secondary N) is 1. The Kier molecular flexibility index (Phi) is 5.06. The fraction of sp³-hybridized carbons (Fsp3) is 0.0435. The lowest BCUT2D eigenvalue weighted by molar-refractivity contribution is 0.0698. The number of hydrogen-bond acceptors (Lipinski definition) is 2. The number of rotatable bonds is 5. The molecule has 5 nitrogen and oxygen atoms in total. The molecule has 1 amide bonds. The molecule has 0 radical (unpaired) electrons. The molecule has 3 aromatic carbocycles. The molecule has 0 aliphatic carbocycles. The summed E-state index contributed by atoms with van der Waals surface area (Å²) in [6, 6.07) is 23.3. The zero-order valence-corrected chi connectivity index (χ0v) is 16.1. The fourth-order valence-corrected chi connectivity index (χ4v) is 3.43. The molecule has 0 saturated carbocycles. The van der Waals surface area contributed by atoms with Crippen LogP contribution in [0.5, 0.6) is 0 Å². The number of anilines is 1. The summed E-state index contributed by atoms with van der Waals surface area (Å²) in [5.41, 5.74) is 2.66. The van der Waals surface area contributed by atoms with Gasteiger partial charge in [0.1, 0.15) is 5.69 Å². The number of hydrogen-bond donors (Lipinski definition) is 2. The molecule has 0 aliphatic rings. The van der Waals surface area contributed by atoms with E-state index in [1.54, 1.807) is 18.2 Å². The molecule has 0 spiro atoms. The van der Waals surface area contributed by atoms with E-state index in [4.69, 9.17) is 11.6 Å². The third-order valence-corrected chi connectivity index (χ3v) is 4.95. The lowest BCUT2D eigenvalue weighted by Crippen LogP contribution is -2.19. The largest absolute Gasteiger partial charge is 0.478 e. The van der Waals surface area contributed by atoms with Crippen LogP contribution in [0.15, 0.2) is 78.9 Å². The Labute approximate surface area is 172 Å². The van der Waals surface area contributed by atoms with Crippen LogP contribution in [0.2, 0.25) is 5.02 Å². The second-order valence-corrected chi connectivity index (χ2v) is 7.04. The van der Waals surface area contributed by atoms with E-state index in [0.717, 1.165) is 16.5 Å². The standard InChI is InChI=1S/C23H17ClN2O3/c24-17-11-9-15(10-12-17)14-26-20-8-4-1-5-16(20)13-21(26)22(27)25-19-7-3-2-6-18(19)23(28)29/h1-13H,14H2,(H,25,27)(H,28,29). The summed E-state index contributed by atoms with van der Waals surface area (Å²) in [7, 11) is 0. The highest BCUT2D eigenvalue weighted by Gasteiger charge is 2.18. The molecule has 0 bridgehead atoms. The third-order valence-electron chi connectivity index (χ3n) is 4.70. The average molecular weight is 405 g/mol. The third kappa shape index (κ3) is 3.86. The number of nitrogens with zero attached hydrogens (tertiary/aromatic N) is 1. The van der Waals surface area contributed by atoms with Crippen molar-refractivity contribution in [1.29, 1.82) is 0 Å². The molecule has 0 aliphatic heterocycles. The summed E-state index contributed by atoms with van der Waals surface area (Å²) in [5.74, 6) is -1.47. The Balaban J connectivity index is 1.74. The normalized spacial score (nSPS) is 10.8. The number of carboxylic acid groups (broad SMARTS) is 1. The number of carbonyl (C=O) groups is 2. The van der Waals surface area contributed by atoms with Crippen molar-refractivity contribution in [1.82, 2.24) is 4.57 Å². The maximum Gasteiger partial charge on any atom is 0.337 e. The minimum Gasteiger partial charge on any atom is -0.478 e. The molecule has 29 heavy (non-hydrogen) atoms. The summed E-state index contributed by atoms with van der Waals surface area (Å²) in [5, 5.41) is 13.7. The fourth-order valence-electron chi connectivity index (χ4n) is 3.31. The highest BCUT2D eigenvalue weighted by molar-refractivity contribution is 6.30. The topological polar surface area (TPSA) is 71.3 Å². The zero-order chi connectivity index (χ0) is 20.4. The predicted octanol–water partition coefficient (Wildman–Crippen LogP) is 5.29. The van der Waals surface area contributed by atoms with Crippen LogP contribution in [-0.4, -0.2) is 21.6 Å². The molecular weight excluding hydrogens is 388 g/mol. The van der Waals surface area contributed by atoms with Gasteiger partial charge in [-0.2, -0.15) is 0 Å². The van der Waals surface area contributed by atoms with Crippen LogP contribution in [0, 0.1) is 0 Å². The highest BCUT2D eigenvalue weighted by Crippen LogP contribution is 2.24. The molecule has 0 atom stereocenters. The maximum atomic E-state index is 13.1. The van der Waals surface area contributed by atoms with Gasteiger partial charge in [0, 0.05) is 22.5 Å². The Bertz CT molecular complexity index is 1210. The molecule has 0 saturated heterocycles. The monoisotopic (exact) mass is 404 g/mol. The molecule has 1 heterocycles. The van der Waals surface area contributed by atoms with Crippen LogP contribution in [0.4, 0.5) is 5.69 Å². The van der Waals surface area contributed by atoms with Crippen molar-refractivity contribution in [2.24, 2.45) is 0 Å². The van der Waals surface area contributed by atoms with E-state index in [0.29, 0.717) is 17.3 Å². The van der Waals surface area contributed by atoms with E-state index in [9.17, 15) is 14.7 Å². The van der Waals surface area contributed by atoms with Crippen molar-refractivity contribution < 1.29 is 14.7 Å². The minimum absolute atomic E-state index is 0.0428. The smallest absolute Gasteiger partial charge is 0.337 e. The van der Waals surface area contributed by atoms with Gasteiger partial charge in [0.15, 0.2) is 0 Å². The van der Waals surface area contributed by atoms with Crippen LogP contribution in [0.3, 0.4) is 0 Å². The number of halogens is 1. The minimum atomic E-state index is -1.09. The number of carboxylic acids is 1. The first kappa shape index (κ1) is 18.8. The predicted molar refractivity (Wildman–Crippen MR) is 114 cm³/mol. The van der Waals surface area contributed by atoms with Gasteiger partial charge in [-0.15, -0.1) is 0 Å². The van der Waals surface area contributed by atoms with E-state index in [2.05, 4.69) is 5.32 Å². The van der Waals surface area contributed by atoms with Gasteiger partial charge in [-0.1, -0.05) is 54.1 Å². The van der Waals surface area contributed by atoms with Gasteiger partial charge < -0.3 is 15.0 Å². The summed E-state index contributed by atoms with van der Waals surface area (Å²) in [6.07, 6.45) is 0. The Morgan fingerprint density at radius 3 is 2.38 bits per heavy atom. The lowest BCUT2D eigenvalue weighted by atomic mass is 10.1. The van der Waals surface area contributed by atoms with Gasteiger partial charge in [0.2, 0.25) is 0 Å². The van der Waals surface area contributed by atoms with Crippen molar-refractivity contribution in [3.63, 3.8) is 0 Å². The Hall–Kier alpha value is -3.57. The van der Waals surface area contributed by atoms with Gasteiger partial charge in [0.25, 0.3) is 5.91 Å². The number of aromatic carboxylic acids is 1.